The number of carbonyl (C=O) groups is 2. The van der Waals surface area contributed by atoms with Gasteiger partial charge in [0, 0.05) is 51.1 Å². The molecule has 2 atom stereocenters. The first-order valence-electron chi connectivity index (χ1n) is 16.1. The number of rotatable bonds is 10. The van der Waals surface area contributed by atoms with Crippen LogP contribution < -0.4 is 27.5 Å². The molecule has 2 aromatic heterocycles. The van der Waals surface area contributed by atoms with E-state index < -0.39 is 23.3 Å². The molecule has 2 saturated heterocycles. The molecule has 1 aromatic carbocycles. The fraction of sp³-hybridized carbons (Fsp3) is 0.562. The Labute approximate surface area is 294 Å². The van der Waals surface area contributed by atoms with Crippen LogP contribution >= 0.6 is 15.9 Å². The van der Waals surface area contributed by atoms with Gasteiger partial charge in [0.2, 0.25) is 0 Å². The maximum Gasteiger partial charge on any atom is 0.414 e. The van der Waals surface area contributed by atoms with Crippen molar-refractivity contribution < 1.29 is 28.9 Å². The van der Waals surface area contributed by atoms with Gasteiger partial charge in [-0.2, -0.15) is 9.97 Å². The first-order chi connectivity index (χ1) is 23.7. The Hall–Kier alpha value is -4.45. The van der Waals surface area contributed by atoms with Crippen LogP contribution in [0.15, 0.2) is 43.4 Å². The van der Waals surface area contributed by atoms with Gasteiger partial charge < -0.3 is 14.9 Å². The van der Waals surface area contributed by atoms with Crippen LogP contribution in [0.4, 0.5) is 4.39 Å². The number of fused-ring (bicyclic) bond motifs is 2. The van der Waals surface area contributed by atoms with Gasteiger partial charge in [-0.25, -0.2) is 42.3 Å². The molecule has 0 radical (unpaired) electrons. The summed E-state index contributed by atoms with van der Waals surface area (Å²) in [6, 6.07) is 7.53. The van der Waals surface area contributed by atoms with Gasteiger partial charge in [-0.1, -0.05) is 28.1 Å². The molecule has 3 aromatic rings. The second-order valence-corrected chi connectivity index (χ2v) is 12.9. The van der Waals surface area contributed by atoms with Crippen LogP contribution in [-0.4, -0.2) is 85.9 Å². The Morgan fingerprint density at radius 2 is 1.32 bits per heavy atom. The molecule has 274 valence electrons. The van der Waals surface area contributed by atoms with Gasteiger partial charge in [-0.15, -0.1) is 0 Å². The standard InChI is InChI=1S/C22H29FN4O3.C8H12BrN3O2.C2H2O4/c1-15-24-21(28)27(22(29)25(15)2)11-5-10-26-17-8-9-18(26)13-16(12-17)14-30-20-7-4-3-6-19(20)23;1-6-10-7(13)12(5-3-4-9)8(14)11(6)2;3-1(4)2(5)6/h3-4,6-7,16-18H,5,8-14H2,1-2H3;3-5H2,1-2H3;(H,3,4)(H,5,6). The van der Waals surface area contributed by atoms with Crippen molar-refractivity contribution in [1.29, 1.82) is 0 Å². The number of aryl methyl sites for hydroxylation is 2. The summed E-state index contributed by atoms with van der Waals surface area (Å²) in [5, 5.41) is 15.5. The van der Waals surface area contributed by atoms with E-state index in [1.165, 1.54) is 19.8 Å². The van der Waals surface area contributed by atoms with Crippen molar-refractivity contribution in [3.63, 3.8) is 0 Å². The van der Waals surface area contributed by atoms with Gasteiger partial charge in [0.05, 0.1) is 6.61 Å². The summed E-state index contributed by atoms with van der Waals surface area (Å²) < 4.78 is 24.7. The second kappa shape index (κ2) is 18.5. The maximum atomic E-state index is 13.8. The molecule has 0 spiro atoms. The fourth-order valence-corrected chi connectivity index (χ4v) is 6.27. The van der Waals surface area contributed by atoms with E-state index in [9.17, 15) is 23.6 Å². The third-order valence-electron chi connectivity index (χ3n) is 8.77. The Balaban J connectivity index is 0.000000280. The maximum absolute atomic E-state index is 13.8. The van der Waals surface area contributed by atoms with Gasteiger partial charge in [-0.3, -0.25) is 14.0 Å². The summed E-state index contributed by atoms with van der Waals surface area (Å²) in [6.07, 6.45) is 5.88. The van der Waals surface area contributed by atoms with E-state index in [0.29, 0.717) is 55.1 Å². The molecule has 2 fully saturated rings. The van der Waals surface area contributed by atoms with Crippen LogP contribution in [0.3, 0.4) is 0 Å². The van der Waals surface area contributed by atoms with E-state index in [1.54, 1.807) is 46.1 Å². The lowest BCUT2D eigenvalue weighted by Gasteiger charge is -2.39. The summed E-state index contributed by atoms with van der Waals surface area (Å²) in [6.45, 7) is 5.49. The van der Waals surface area contributed by atoms with Gasteiger partial charge >= 0.3 is 34.7 Å². The van der Waals surface area contributed by atoms with Crippen LogP contribution in [0.1, 0.15) is 50.2 Å². The largest absolute Gasteiger partial charge is 0.490 e. The van der Waals surface area contributed by atoms with Crippen LogP contribution in [0, 0.1) is 25.6 Å². The monoisotopic (exact) mass is 767 g/mol. The highest BCUT2D eigenvalue weighted by Crippen LogP contribution is 2.39. The molecule has 0 aliphatic carbocycles. The number of ether oxygens (including phenoxy) is 1. The van der Waals surface area contributed by atoms with E-state index >= 15 is 0 Å². The Bertz CT molecular complexity index is 1870. The molecular formula is C32H43BrFN7O9. The summed E-state index contributed by atoms with van der Waals surface area (Å²) in [5.41, 5.74) is -1.54. The normalized spacial score (nSPS) is 18.0. The molecule has 0 amide bonds. The average Bonchev–Trinajstić information content (AvgIpc) is 3.30. The zero-order valence-electron chi connectivity index (χ0n) is 28.5. The lowest BCUT2D eigenvalue weighted by Crippen LogP contribution is -2.46. The van der Waals surface area contributed by atoms with E-state index in [1.807, 2.05) is 0 Å². The van der Waals surface area contributed by atoms with Crippen molar-refractivity contribution in [1.82, 2.24) is 33.1 Å². The number of hydrogen-bond donors (Lipinski definition) is 2. The Kier molecular flexibility index (Phi) is 14.8. The molecule has 2 unspecified atom stereocenters. The van der Waals surface area contributed by atoms with Crippen molar-refractivity contribution in [2.24, 2.45) is 20.0 Å². The van der Waals surface area contributed by atoms with Crippen molar-refractivity contribution in [2.45, 2.75) is 77.5 Å². The fourth-order valence-electron chi connectivity index (χ4n) is 6.02. The molecule has 2 N–H and O–H groups in total. The molecule has 4 heterocycles. The van der Waals surface area contributed by atoms with Crippen molar-refractivity contribution >= 4 is 27.9 Å². The van der Waals surface area contributed by atoms with Gasteiger partial charge in [0.1, 0.15) is 11.6 Å². The van der Waals surface area contributed by atoms with E-state index in [4.69, 9.17) is 24.5 Å². The molecule has 2 aliphatic heterocycles. The average molecular weight is 769 g/mol. The minimum atomic E-state index is -1.82. The number of carboxylic acid groups (broad SMARTS) is 2. The van der Waals surface area contributed by atoms with Gasteiger partial charge in [0.25, 0.3) is 0 Å². The number of carboxylic acids is 2. The minimum absolute atomic E-state index is 0.302. The number of nitrogens with zero attached hydrogens (tertiary/aromatic N) is 7. The highest BCUT2D eigenvalue weighted by Gasteiger charge is 2.40. The van der Waals surface area contributed by atoms with Crippen LogP contribution in [0.2, 0.25) is 0 Å². The summed E-state index contributed by atoms with van der Waals surface area (Å²) in [7, 11) is 3.24. The molecule has 5 rings (SSSR count). The molecule has 16 nitrogen and oxygen atoms in total. The van der Waals surface area contributed by atoms with Crippen LogP contribution in [0.25, 0.3) is 0 Å². The van der Waals surface area contributed by atoms with Crippen LogP contribution in [-0.2, 0) is 36.8 Å². The minimum Gasteiger partial charge on any atom is -0.490 e. The smallest absolute Gasteiger partial charge is 0.414 e. The lowest BCUT2D eigenvalue weighted by atomic mass is 9.91. The predicted octanol–water partition coefficient (Wildman–Crippen LogP) is 1.29. The van der Waals surface area contributed by atoms with Crippen molar-refractivity contribution in [2.75, 3.05) is 18.5 Å². The molecule has 2 aliphatic rings. The van der Waals surface area contributed by atoms with E-state index in [-0.39, 0.29) is 17.2 Å². The third-order valence-corrected chi connectivity index (χ3v) is 9.33. The molecule has 0 saturated carbocycles. The molecule has 50 heavy (non-hydrogen) atoms. The number of aromatic nitrogens is 6. The van der Waals surface area contributed by atoms with Gasteiger partial charge in [0.15, 0.2) is 11.6 Å². The van der Waals surface area contributed by atoms with Gasteiger partial charge in [-0.05, 0) is 70.4 Å². The Morgan fingerprint density at radius 3 is 1.78 bits per heavy atom. The topological polar surface area (TPSA) is 201 Å². The number of alkyl halides is 1. The van der Waals surface area contributed by atoms with Crippen molar-refractivity contribution in [3.05, 3.63) is 83.7 Å². The molecule has 2 bridgehead atoms. The van der Waals surface area contributed by atoms with E-state index in [2.05, 4.69) is 30.8 Å². The Morgan fingerprint density at radius 1 is 0.840 bits per heavy atom. The highest BCUT2D eigenvalue weighted by molar-refractivity contribution is 9.09. The number of para-hydroxylation sites is 1. The second-order valence-electron chi connectivity index (χ2n) is 12.1. The first-order valence-corrected chi connectivity index (χ1v) is 17.2. The summed E-state index contributed by atoms with van der Waals surface area (Å²) in [5.74, 6) is -2.34. The number of hydrogen-bond acceptors (Lipinski definition) is 10. The number of aliphatic carboxylic acids is 2. The SMILES string of the molecule is Cc1nc(=O)n(CCCBr)c(=O)n1C.Cc1nc(=O)n(CCCN2C3CCC2CC(COc2ccccc2F)C3)c(=O)n1C.O=C(O)C(=O)O. The quantitative estimate of drug-likeness (QED) is 0.222. The predicted molar refractivity (Wildman–Crippen MR) is 183 cm³/mol. The summed E-state index contributed by atoms with van der Waals surface area (Å²) in [4.78, 5) is 75.7. The van der Waals surface area contributed by atoms with Crippen molar-refractivity contribution in [3.8, 4) is 5.75 Å². The molecule has 18 heteroatoms. The number of halogens is 2. The highest BCUT2D eigenvalue weighted by atomic mass is 79.9. The van der Waals surface area contributed by atoms with Crippen LogP contribution in [0.5, 0.6) is 5.75 Å². The number of piperidine rings is 1. The summed E-state index contributed by atoms with van der Waals surface area (Å²) >= 11 is 3.24. The first kappa shape index (κ1) is 40.0. The lowest BCUT2D eigenvalue weighted by molar-refractivity contribution is -0.159. The molecular weight excluding hydrogens is 725 g/mol. The third kappa shape index (κ3) is 10.5. The zero-order chi connectivity index (χ0) is 37.1. The zero-order valence-corrected chi connectivity index (χ0v) is 30.0. The number of benzene rings is 1. The van der Waals surface area contributed by atoms with E-state index in [0.717, 1.165) is 55.0 Å².